The van der Waals surface area contributed by atoms with Crippen LogP contribution in [0.3, 0.4) is 0 Å². The van der Waals surface area contributed by atoms with E-state index in [1.165, 1.54) is 0 Å². The number of aromatic nitrogens is 1. The van der Waals surface area contributed by atoms with Gasteiger partial charge in [0.25, 0.3) is 0 Å². The summed E-state index contributed by atoms with van der Waals surface area (Å²) in [7, 11) is 0. The van der Waals surface area contributed by atoms with Crippen LogP contribution in [0.5, 0.6) is 0 Å². The largest absolute Gasteiger partial charge is 0.481 e. The summed E-state index contributed by atoms with van der Waals surface area (Å²) in [5, 5.41) is 12.9. The Morgan fingerprint density at radius 2 is 2.31 bits per heavy atom. The van der Waals surface area contributed by atoms with Crippen LogP contribution in [0.25, 0.3) is 0 Å². The zero-order chi connectivity index (χ0) is 12.1. The van der Waals surface area contributed by atoms with Gasteiger partial charge < -0.3 is 9.84 Å². The van der Waals surface area contributed by atoms with Crippen LogP contribution in [0, 0.1) is 0 Å². The van der Waals surface area contributed by atoms with E-state index < -0.39 is 12.1 Å². The molecule has 0 unspecified atom stereocenters. The van der Waals surface area contributed by atoms with Gasteiger partial charge in [-0.05, 0) is 13.8 Å². The van der Waals surface area contributed by atoms with E-state index >= 15 is 0 Å². The van der Waals surface area contributed by atoms with Crippen LogP contribution in [0.1, 0.15) is 19.5 Å². The molecule has 0 atom stereocenters. The summed E-state index contributed by atoms with van der Waals surface area (Å²) in [5.74, 6) is -0.957. The fourth-order valence-corrected chi connectivity index (χ4v) is 1.63. The van der Waals surface area contributed by atoms with E-state index in [-0.39, 0.29) is 12.5 Å². The van der Waals surface area contributed by atoms with Gasteiger partial charge in [0.15, 0.2) is 5.13 Å². The SMILES string of the molecule is CC(C)OC(=O)Nc1nc(CC(=O)O)cs1. The summed E-state index contributed by atoms with van der Waals surface area (Å²) in [4.78, 5) is 25.5. The Labute approximate surface area is 96.3 Å². The van der Waals surface area contributed by atoms with Crippen molar-refractivity contribution in [2.45, 2.75) is 26.4 Å². The molecule has 1 aromatic rings. The standard InChI is InChI=1S/C9H12N2O4S/c1-5(2)15-9(14)11-8-10-6(4-16-8)3-7(12)13/h4-5H,3H2,1-2H3,(H,12,13)(H,10,11,14). The number of ether oxygens (including phenoxy) is 1. The molecule has 0 aliphatic heterocycles. The molecule has 1 rings (SSSR count). The van der Waals surface area contributed by atoms with Crippen LogP contribution >= 0.6 is 11.3 Å². The maximum atomic E-state index is 11.2. The monoisotopic (exact) mass is 244 g/mol. The highest BCUT2D eigenvalue weighted by Gasteiger charge is 2.10. The molecule has 0 saturated heterocycles. The number of hydrogen-bond acceptors (Lipinski definition) is 5. The van der Waals surface area contributed by atoms with Gasteiger partial charge in [0, 0.05) is 5.38 Å². The Kier molecular flexibility index (Phi) is 4.24. The quantitative estimate of drug-likeness (QED) is 0.842. The topological polar surface area (TPSA) is 88.5 Å². The lowest BCUT2D eigenvalue weighted by molar-refractivity contribution is -0.136. The van der Waals surface area contributed by atoms with Gasteiger partial charge in [-0.1, -0.05) is 0 Å². The van der Waals surface area contributed by atoms with E-state index in [0.717, 1.165) is 11.3 Å². The minimum Gasteiger partial charge on any atom is -0.481 e. The first-order valence-electron chi connectivity index (χ1n) is 4.61. The fraction of sp³-hybridized carbons (Fsp3) is 0.444. The molecule has 7 heteroatoms. The molecule has 16 heavy (non-hydrogen) atoms. The molecule has 0 aromatic carbocycles. The van der Waals surface area contributed by atoms with Crippen molar-refractivity contribution in [1.82, 2.24) is 4.98 Å². The van der Waals surface area contributed by atoms with Crippen molar-refractivity contribution in [3.8, 4) is 0 Å². The number of thiazole rings is 1. The third-order valence-electron chi connectivity index (χ3n) is 1.44. The van der Waals surface area contributed by atoms with Gasteiger partial charge in [0.1, 0.15) is 0 Å². The highest BCUT2D eigenvalue weighted by atomic mass is 32.1. The Bertz CT molecular complexity index is 389. The molecule has 0 aliphatic rings. The minimum absolute atomic E-state index is 0.155. The number of nitrogens with zero attached hydrogens (tertiary/aromatic N) is 1. The smallest absolute Gasteiger partial charge is 0.413 e. The molecule has 0 fully saturated rings. The molecule has 88 valence electrons. The number of hydrogen-bond donors (Lipinski definition) is 2. The van der Waals surface area contributed by atoms with Crippen LogP contribution in [-0.2, 0) is 16.0 Å². The maximum Gasteiger partial charge on any atom is 0.413 e. The van der Waals surface area contributed by atoms with E-state index in [0.29, 0.717) is 10.8 Å². The Morgan fingerprint density at radius 3 is 2.88 bits per heavy atom. The number of anilines is 1. The zero-order valence-corrected chi connectivity index (χ0v) is 9.71. The number of carbonyl (C=O) groups excluding carboxylic acids is 1. The van der Waals surface area contributed by atoms with Gasteiger partial charge in [0.2, 0.25) is 0 Å². The average molecular weight is 244 g/mol. The normalized spacial score (nSPS) is 10.2. The summed E-state index contributed by atoms with van der Waals surface area (Å²) in [6, 6.07) is 0. The van der Waals surface area contributed by atoms with E-state index in [4.69, 9.17) is 9.84 Å². The number of aliphatic carboxylic acids is 1. The van der Waals surface area contributed by atoms with Crippen LogP contribution in [-0.4, -0.2) is 28.3 Å². The van der Waals surface area contributed by atoms with Crippen molar-refractivity contribution < 1.29 is 19.4 Å². The molecule has 0 radical (unpaired) electrons. The van der Waals surface area contributed by atoms with Crippen molar-refractivity contribution in [3.05, 3.63) is 11.1 Å². The fourth-order valence-electron chi connectivity index (χ4n) is 0.931. The molecule has 0 aliphatic carbocycles. The lowest BCUT2D eigenvalue weighted by Crippen LogP contribution is -2.17. The van der Waals surface area contributed by atoms with Gasteiger partial charge in [-0.2, -0.15) is 0 Å². The second-order valence-corrected chi connectivity index (χ2v) is 4.15. The minimum atomic E-state index is -0.957. The van der Waals surface area contributed by atoms with E-state index in [2.05, 4.69) is 10.3 Å². The summed E-state index contributed by atoms with van der Waals surface area (Å²) >= 11 is 1.16. The molecule has 0 spiro atoms. The van der Waals surface area contributed by atoms with Gasteiger partial charge >= 0.3 is 12.1 Å². The Balaban J connectivity index is 2.51. The van der Waals surface area contributed by atoms with Crippen LogP contribution in [0.2, 0.25) is 0 Å². The number of carbonyl (C=O) groups is 2. The summed E-state index contributed by atoms with van der Waals surface area (Å²) in [5.41, 5.74) is 0.414. The molecule has 0 saturated carbocycles. The molecular formula is C9H12N2O4S. The van der Waals surface area contributed by atoms with Gasteiger partial charge in [-0.15, -0.1) is 11.3 Å². The predicted octanol–water partition coefficient (Wildman–Crippen LogP) is 1.73. The van der Waals surface area contributed by atoms with Crippen LogP contribution < -0.4 is 5.32 Å². The van der Waals surface area contributed by atoms with Crippen molar-refractivity contribution in [3.63, 3.8) is 0 Å². The van der Waals surface area contributed by atoms with Crippen molar-refractivity contribution in [2.75, 3.05) is 5.32 Å². The van der Waals surface area contributed by atoms with Crippen molar-refractivity contribution >= 4 is 28.5 Å². The Morgan fingerprint density at radius 1 is 1.62 bits per heavy atom. The number of carboxylic acids is 1. The Hall–Kier alpha value is -1.63. The van der Waals surface area contributed by atoms with E-state index in [9.17, 15) is 9.59 Å². The number of amides is 1. The van der Waals surface area contributed by atoms with Gasteiger partial charge in [-0.25, -0.2) is 9.78 Å². The number of nitrogens with one attached hydrogen (secondary N) is 1. The van der Waals surface area contributed by atoms with Gasteiger partial charge in [-0.3, -0.25) is 10.1 Å². The van der Waals surface area contributed by atoms with Crippen LogP contribution in [0.15, 0.2) is 5.38 Å². The average Bonchev–Trinajstić information content (AvgIpc) is 2.49. The number of carboxylic acid groups (broad SMARTS) is 1. The molecular weight excluding hydrogens is 232 g/mol. The third kappa shape index (κ3) is 4.26. The maximum absolute atomic E-state index is 11.2. The second-order valence-electron chi connectivity index (χ2n) is 3.29. The van der Waals surface area contributed by atoms with Crippen LogP contribution in [0.4, 0.5) is 9.93 Å². The molecule has 0 bridgehead atoms. The molecule has 1 heterocycles. The van der Waals surface area contributed by atoms with Crippen molar-refractivity contribution in [1.29, 1.82) is 0 Å². The lowest BCUT2D eigenvalue weighted by atomic mass is 10.3. The second kappa shape index (κ2) is 5.45. The lowest BCUT2D eigenvalue weighted by Gasteiger charge is -2.06. The predicted molar refractivity (Wildman–Crippen MR) is 58.7 cm³/mol. The molecule has 1 amide bonds. The first-order chi connectivity index (χ1) is 7.47. The molecule has 1 aromatic heterocycles. The summed E-state index contributed by atoms with van der Waals surface area (Å²) in [6.07, 6.45) is -0.957. The first kappa shape index (κ1) is 12.4. The summed E-state index contributed by atoms with van der Waals surface area (Å²) in [6.45, 7) is 3.47. The molecule has 2 N–H and O–H groups in total. The first-order valence-corrected chi connectivity index (χ1v) is 5.49. The summed E-state index contributed by atoms with van der Waals surface area (Å²) < 4.78 is 4.84. The van der Waals surface area contributed by atoms with Gasteiger partial charge in [0.05, 0.1) is 18.2 Å². The zero-order valence-electron chi connectivity index (χ0n) is 8.89. The molecule has 6 nitrogen and oxygen atoms in total. The van der Waals surface area contributed by atoms with E-state index in [1.54, 1.807) is 19.2 Å². The van der Waals surface area contributed by atoms with E-state index in [1.807, 2.05) is 0 Å². The number of rotatable bonds is 4. The highest BCUT2D eigenvalue weighted by Crippen LogP contribution is 2.16. The third-order valence-corrected chi connectivity index (χ3v) is 2.24. The van der Waals surface area contributed by atoms with Crippen molar-refractivity contribution in [2.24, 2.45) is 0 Å². The highest BCUT2D eigenvalue weighted by molar-refractivity contribution is 7.13.